The maximum atomic E-state index is 13.3. The maximum Gasteiger partial charge on any atom is 0.247 e. The topological polar surface area (TPSA) is 135 Å². The first-order valence-corrected chi connectivity index (χ1v) is 12.8. The number of carbonyl (C=O) groups is 3. The van der Waals surface area contributed by atoms with E-state index in [-0.39, 0.29) is 25.2 Å². The molecule has 0 fully saturated rings. The third-order valence-corrected chi connectivity index (χ3v) is 6.55. The van der Waals surface area contributed by atoms with Crippen LogP contribution in [0, 0.1) is 0 Å². The van der Waals surface area contributed by atoms with Gasteiger partial charge in [-0.05, 0) is 44.9 Å². The van der Waals surface area contributed by atoms with Crippen LogP contribution in [0.3, 0.4) is 0 Å². The minimum absolute atomic E-state index is 0.0389. The SMILES string of the molecule is CCCC(=O)N(CCCOC(C)C)C1C=C(C(=O)NCCO)C2c3cc(C=O)cc(OC)c3OC2C1O. The van der Waals surface area contributed by atoms with E-state index < -0.39 is 30.1 Å². The van der Waals surface area contributed by atoms with E-state index in [0.29, 0.717) is 66.9 Å². The monoisotopic (exact) mass is 518 g/mol. The third kappa shape index (κ3) is 6.31. The summed E-state index contributed by atoms with van der Waals surface area (Å²) < 4.78 is 17.3. The van der Waals surface area contributed by atoms with Crippen LogP contribution in [-0.2, 0) is 14.3 Å². The highest BCUT2D eigenvalue weighted by Crippen LogP contribution is 2.51. The van der Waals surface area contributed by atoms with Crippen molar-refractivity contribution in [3.8, 4) is 11.5 Å². The molecule has 0 spiro atoms. The van der Waals surface area contributed by atoms with E-state index in [4.69, 9.17) is 14.2 Å². The number of hydrogen-bond acceptors (Lipinski definition) is 8. The molecule has 2 amide bonds. The van der Waals surface area contributed by atoms with Crippen LogP contribution in [0.4, 0.5) is 0 Å². The van der Waals surface area contributed by atoms with Crippen LogP contribution in [0.5, 0.6) is 11.5 Å². The lowest BCUT2D eigenvalue weighted by Gasteiger charge is -2.40. The number of nitrogens with zero attached hydrogens (tertiary/aromatic N) is 1. The molecule has 37 heavy (non-hydrogen) atoms. The molecule has 0 saturated heterocycles. The van der Waals surface area contributed by atoms with Gasteiger partial charge in [0.05, 0.1) is 31.8 Å². The van der Waals surface area contributed by atoms with Gasteiger partial charge in [0.15, 0.2) is 11.5 Å². The largest absolute Gasteiger partial charge is 0.493 e. The Bertz CT molecular complexity index is 1010. The average molecular weight is 519 g/mol. The molecule has 1 aliphatic carbocycles. The molecule has 3 rings (SSSR count). The first-order chi connectivity index (χ1) is 17.8. The minimum Gasteiger partial charge on any atom is -0.493 e. The van der Waals surface area contributed by atoms with Gasteiger partial charge in [-0.25, -0.2) is 0 Å². The van der Waals surface area contributed by atoms with Gasteiger partial charge in [0.25, 0.3) is 0 Å². The number of nitrogens with one attached hydrogen (secondary N) is 1. The van der Waals surface area contributed by atoms with E-state index in [0.717, 1.165) is 0 Å². The van der Waals surface area contributed by atoms with Crippen molar-refractivity contribution in [1.29, 1.82) is 0 Å². The van der Waals surface area contributed by atoms with Crippen LogP contribution in [0.15, 0.2) is 23.8 Å². The number of aliphatic hydroxyl groups excluding tert-OH is 2. The van der Waals surface area contributed by atoms with Crippen molar-refractivity contribution >= 4 is 18.1 Å². The summed E-state index contributed by atoms with van der Waals surface area (Å²) in [5.41, 5.74) is 1.19. The number of aldehydes is 1. The second-order valence-electron chi connectivity index (χ2n) is 9.51. The normalized spacial score (nSPS) is 22.0. The summed E-state index contributed by atoms with van der Waals surface area (Å²) in [4.78, 5) is 39.6. The Kier molecular flexibility index (Phi) is 10.1. The number of fused-ring (bicyclic) bond motifs is 3. The molecule has 0 bridgehead atoms. The van der Waals surface area contributed by atoms with Crippen LogP contribution < -0.4 is 14.8 Å². The molecule has 4 atom stereocenters. The first-order valence-electron chi connectivity index (χ1n) is 12.8. The fraction of sp³-hybridized carbons (Fsp3) is 0.593. The highest BCUT2D eigenvalue weighted by atomic mass is 16.5. The number of benzene rings is 1. The summed E-state index contributed by atoms with van der Waals surface area (Å²) in [5, 5.41) is 23.5. The van der Waals surface area contributed by atoms with Gasteiger partial charge >= 0.3 is 0 Å². The Morgan fingerprint density at radius 1 is 1.30 bits per heavy atom. The maximum absolute atomic E-state index is 13.3. The number of ether oxygens (including phenoxy) is 3. The highest BCUT2D eigenvalue weighted by molar-refractivity contribution is 5.96. The molecule has 10 nitrogen and oxygen atoms in total. The lowest BCUT2D eigenvalue weighted by molar-refractivity contribution is -0.137. The van der Waals surface area contributed by atoms with Crippen LogP contribution in [0.25, 0.3) is 0 Å². The van der Waals surface area contributed by atoms with Crippen molar-refractivity contribution < 1.29 is 38.8 Å². The molecule has 204 valence electrons. The lowest BCUT2D eigenvalue weighted by Crippen LogP contribution is -2.56. The van der Waals surface area contributed by atoms with Crippen LogP contribution >= 0.6 is 0 Å². The van der Waals surface area contributed by atoms with Crippen LogP contribution in [0.2, 0.25) is 0 Å². The van der Waals surface area contributed by atoms with Crippen molar-refractivity contribution in [2.75, 3.05) is 33.4 Å². The molecule has 1 aliphatic heterocycles. The summed E-state index contributed by atoms with van der Waals surface area (Å²) >= 11 is 0. The number of aliphatic hydroxyl groups is 2. The van der Waals surface area contributed by atoms with Gasteiger partial charge in [-0.1, -0.05) is 6.92 Å². The molecule has 4 unspecified atom stereocenters. The molecule has 1 aromatic carbocycles. The van der Waals surface area contributed by atoms with Crippen molar-refractivity contribution in [1.82, 2.24) is 10.2 Å². The number of methoxy groups -OCH3 is 1. The number of amides is 2. The van der Waals surface area contributed by atoms with Gasteiger partial charge in [0.2, 0.25) is 11.8 Å². The summed E-state index contributed by atoms with van der Waals surface area (Å²) in [7, 11) is 1.45. The predicted octanol–water partition coefficient (Wildman–Crippen LogP) is 1.57. The van der Waals surface area contributed by atoms with Crippen molar-refractivity contribution in [2.24, 2.45) is 0 Å². The predicted molar refractivity (Wildman–Crippen MR) is 136 cm³/mol. The number of hydrogen-bond donors (Lipinski definition) is 3. The van der Waals surface area contributed by atoms with Crippen LogP contribution in [0.1, 0.15) is 61.9 Å². The van der Waals surface area contributed by atoms with E-state index in [9.17, 15) is 24.6 Å². The van der Waals surface area contributed by atoms with Crippen molar-refractivity contribution in [3.05, 3.63) is 34.9 Å². The van der Waals surface area contributed by atoms with E-state index >= 15 is 0 Å². The Hall–Kier alpha value is -2.95. The zero-order chi connectivity index (χ0) is 27.1. The van der Waals surface area contributed by atoms with E-state index in [1.165, 1.54) is 13.2 Å². The Labute approximate surface area is 217 Å². The smallest absolute Gasteiger partial charge is 0.247 e. The fourth-order valence-electron chi connectivity index (χ4n) is 4.91. The molecule has 0 aromatic heterocycles. The molecule has 3 N–H and O–H groups in total. The highest BCUT2D eigenvalue weighted by Gasteiger charge is 2.51. The van der Waals surface area contributed by atoms with Crippen molar-refractivity contribution in [3.63, 3.8) is 0 Å². The molecular weight excluding hydrogens is 480 g/mol. The van der Waals surface area contributed by atoms with E-state index in [1.54, 1.807) is 17.0 Å². The molecule has 0 saturated carbocycles. The standard InChI is InChI=1S/C27H38N2O8/c1-5-7-22(32)29(9-6-11-36-16(2)3)20-14-19(27(34)28-8-10-30)23-18-12-17(15-31)13-21(35-4)25(18)37-26(23)24(20)33/h12-16,20,23-24,26,30,33H,5-11H2,1-4H3,(H,28,34). The molecule has 1 heterocycles. The van der Waals surface area contributed by atoms with Crippen molar-refractivity contribution in [2.45, 2.75) is 70.3 Å². The van der Waals surface area contributed by atoms with Gasteiger partial charge in [-0.2, -0.15) is 0 Å². The van der Waals surface area contributed by atoms with Gasteiger partial charge in [-0.3, -0.25) is 14.4 Å². The van der Waals surface area contributed by atoms with Gasteiger partial charge in [0, 0.05) is 42.8 Å². The van der Waals surface area contributed by atoms with Gasteiger partial charge in [-0.15, -0.1) is 0 Å². The fourth-order valence-corrected chi connectivity index (χ4v) is 4.91. The quantitative estimate of drug-likeness (QED) is 0.265. The summed E-state index contributed by atoms with van der Waals surface area (Å²) in [6.45, 7) is 6.35. The minimum atomic E-state index is -1.15. The van der Waals surface area contributed by atoms with Gasteiger partial charge in [0.1, 0.15) is 18.5 Å². The third-order valence-electron chi connectivity index (χ3n) is 6.55. The molecule has 10 heteroatoms. The van der Waals surface area contributed by atoms with Gasteiger partial charge < -0.3 is 34.6 Å². The van der Waals surface area contributed by atoms with E-state index in [1.807, 2.05) is 20.8 Å². The van der Waals surface area contributed by atoms with E-state index in [2.05, 4.69) is 5.32 Å². The summed E-state index contributed by atoms with van der Waals surface area (Å²) in [5.74, 6) is -0.615. The summed E-state index contributed by atoms with van der Waals surface area (Å²) in [6, 6.07) is 2.34. The Morgan fingerprint density at radius 2 is 2.05 bits per heavy atom. The lowest BCUT2D eigenvalue weighted by atomic mass is 9.77. The number of carbonyl (C=O) groups excluding carboxylic acids is 3. The number of rotatable bonds is 13. The Morgan fingerprint density at radius 3 is 2.68 bits per heavy atom. The molecule has 1 aromatic rings. The second kappa shape index (κ2) is 13.0. The molecule has 0 radical (unpaired) electrons. The Balaban J connectivity index is 2.04. The molecular formula is C27H38N2O8. The van der Waals surface area contributed by atoms with Crippen LogP contribution in [-0.4, -0.2) is 91.0 Å². The second-order valence-corrected chi connectivity index (χ2v) is 9.51. The summed E-state index contributed by atoms with van der Waals surface area (Å²) in [6.07, 6.45) is 1.80. The average Bonchev–Trinajstić information content (AvgIpc) is 3.27. The molecule has 2 aliphatic rings. The first kappa shape index (κ1) is 28.6. The zero-order valence-electron chi connectivity index (χ0n) is 21.9. The zero-order valence-corrected chi connectivity index (χ0v) is 21.9.